The molecule has 0 unspecified atom stereocenters. The van der Waals surface area contributed by atoms with Crippen molar-refractivity contribution in [1.82, 2.24) is 5.32 Å². The summed E-state index contributed by atoms with van der Waals surface area (Å²) < 4.78 is 0. The Labute approximate surface area is 198 Å². The van der Waals surface area contributed by atoms with Crippen molar-refractivity contribution in [3.05, 3.63) is 0 Å². The number of carboxylic acid groups (broad SMARTS) is 1. The number of carbonyl (C=O) groups is 1. The molecule has 28 heavy (non-hydrogen) atoms. The molecule has 1 N–H and O–H groups in total. The van der Waals surface area contributed by atoms with E-state index >= 15 is 0 Å². The van der Waals surface area contributed by atoms with E-state index in [-0.39, 0.29) is 36.1 Å². The van der Waals surface area contributed by atoms with E-state index in [1.807, 2.05) is 0 Å². The van der Waals surface area contributed by atoms with Gasteiger partial charge in [-0.15, -0.1) is 0 Å². The predicted octanol–water partition coefficient (Wildman–Crippen LogP) is 3.15. The Morgan fingerprint density at radius 1 is 0.571 bits per heavy atom. The molecule has 0 bridgehead atoms. The molecular formula is C24H48NNaO2. The van der Waals surface area contributed by atoms with E-state index in [4.69, 9.17) is 0 Å². The molecule has 0 aliphatic carbocycles. The van der Waals surface area contributed by atoms with Gasteiger partial charge in [0.15, 0.2) is 0 Å². The fraction of sp³-hybridized carbons (Fsp3) is 0.958. The Morgan fingerprint density at radius 3 is 1.14 bits per heavy atom. The van der Waals surface area contributed by atoms with Gasteiger partial charge in [0, 0.05) is 6.54 Å². The molecule has 0 fully saturated rings. The van der Waals surface area contributed by atoms with Crippen LogP contribution in [0.1, 0.15) is 135 Å². The van der Waals surface area contributed by atoms with Gasteiger partial charge in [-0.1, -0.05) is 129 Å². The topological polar surface area (TPSA) is 52.2 Å². The first kappa shape index (κ1) is 30.6. The van der Waals surface area contributed by atoms with E-state index in [1.54, 1.807) is 0 Å². The minimum Gasteiger partial charge on any atom is -0.549 e. The number of hydrogen-bond donors (Lipinski definition) is 1. The number of carboxylic acids is 1. The standard InChI is InChI=1S/C24H49NO2.Na/c1-2-3-4-5-6-7-8-9-10-11-12-13-14-15-16-17-18-19-20-21-22-25-23-24(26)27;/h25H,2-23H2,1H3,(H,26,27);/q;+1/p-1. The molecule has 0 aromatic carbocycles. The third-order valence-electron chi connectivity index (χ3n) is 5.48. The van der Waals surface area contributed by atoms with Crippen LogP contribution in [-0.4, -0.2) is 19.1 Å². The Morgan fingerprint density at radius 2 is 0.857 bits per heavy atom. The second kappa shape index (κ2) is 27.4. The van der Waals surface area contributed by atoms with Gasteiger partial charge in [0.1, 0.15) is 0 Å². The zero-order chi connectivity index (χ0) is 19.8. The Kier molecular flexibility index (Phi) is 30.0. The van der Waals surface area contributed by atoms with Gasteiger partial charge in [-0.2, -0.15) is 0 Å². The molecule has 0 aromatic rings. The summed E-state index contributed by atoms with van der Waals surface area (Å²) >= 11 is 0. The van der Waals surface area contributed by atoms with Crippen LogP contribution in [0.25, 0.3) is 0 Å². The van der Waals surface area contributed by atoms with Gasteiger partial charge in [-0.25, -0.2) is 0 Å². The molecule has 0 heterocycles. The maximum Gasteiger partial charge on any atom is 1.00 e. The van der Waals surface area contributed by atoms with E-state index < -0.39 is 5.97 Å². The third-order valence-corrected chi connectivity index (χ3v) is 5.48. The average Bonchev–Trinajstić information content (AvgIpc) is 2.65. The number of carbonyl (C=O) groups excluding carboxylic acids is 1. The largest absolute Gasteiger partial charge is 1.00 e. The molecule has 3 nitrogen and oxygen atoms in total. The van der Waals surface area contributed by atoms with E-state index in [1.165, 1.54) is 122 Å². The number of aliphatic carboxylic acids is 1. The van der Waals surface area contributed by atoms with E-state index in [9.17, 15) is 9.90 Å². The molecule has 0 aliphatic heterocycles. The summed E-state index contributed by atoms with van der Waals surface area (Å²) in [5, 5.41) is 13.1. The van der Waals surface area contributed by atoms with Crippen LogP contribution in [0, 0.1) is 0 Å². The van der Waals surface area contributed by atoms with Crippen molar-refractivity contribution < 1.29 is 39.5 Å². The minimum absolute atomic E-state index is 0. The average molecular weight is 406 g/mol. The molecule has 0 spiro atoms. The first-order valence-electron chi connectivity index (χ1n) is 12.2. The van der Waals surface area contributed by atoms with Crippen molar-refractivity contribution in [3.8, 4) is 0 Å². The zero-order valence-corrected chi connectivity index (χ0v) is 21.4. The molecule has 0 aromatic heterocycles. The zero-order valence-electron chi connectivity index (χ0n) is 19.4. The van der Waals surface area contributed by atoms with Crippen LogP contribution >= 0.6 is 0 Å². The number of hydrogen-bond acceptors (Lipinski definition) is 3. The van der Waals surface area contributed by atoms with Crippen molar-refractivity contribution in [2.45, 2.75) is 135 Å². The van der Waals surface area contributed by atoms with Gasteiger partial charge in [0.25, 0.3) is 0 Å². The summed E-state index contributed by atoms with van der Waals surface area (Å²) in [5.74, 6) is -1.01. The van der Waals surface area contributed by atoms with Crippen LogP contribution < -0.4 is 40.0 Å². The molecule has 162 valence electrons. The summed E-state index contributed by atoms with van der Waals surface area (Å²) in [6, 6.07) is 0. The molecule has 0 saturated heterocycles. The predicted molar refractivity (Wildman–Crippen MR) is 116 cm³/mol. The summed E-state index contributed by atoms with van der Waals surface area (Å²) in [6.45, 7) is 3.07. The monoisotopic (exact) mass is 405 g/mol. The van der Waals surface area contributed by atoms with Crippen LogP contribution in [0.15, 0.2) is 0 Å². The minimum atomic E-state index is -1.01. The third kappa shape index (κ3) is 28.6. The van der Waals surface area contributed by atoms with Gasteiger partial charge in [0.05, 0.1) is 5.97 Å². The summed E-state index contributed by atoms with van der Waals surface area (Å²) in [5.41, 5.74) is 0. The first-order valence-corrected chi connectivity index (χ1v) is 12.2. The fourth-order valence-electron chi connectivity index (χ4n) is 3.70. The molecule has 0 rings (SSSR count). The first-order chi connectivity index (χ1) is 13.3. The molecular weight excluding hydrogens is 357 g/mol. The smallest absolute Gasteiger partial charge is 0.549 e. The van der Waals surface area contributed by atoms with Crippen LogP contribution in [0.2, 0.25) is 0 Å². The van der Waals surface area contributed by atoms with Crippen molar-refractivity contribution in [1.29, 1.82) is 0 Å². The van der Waals surface area contributed by atoms with Gasteiger partial charge < -0.3 is 15.2 Å². The van der Waals surface area contributed by atoms with Gasteiger partial charge in [0.2, 0.25) is 0 Å². The fourth-order valence-corrected chi connectivity index (χ4v) is 3.70. The molecule has 0 amide bonds. The summed E-state index contributed by atoms with van der Waals surface area (Å²) in [6.07, 6.45) is 27.8. The van der Waals surface area contributed by atoms with Crippen molar-refractivity contribution in [3.63, 3.8) is 0 Å². The summed E-state index contributed by atoms with van der Waals surface area (Å²) in [7, 11) is 0. The van der Waals surface area contributed by atoms with Gasteiger partial charge in [-0.05, 0) is 13.0 Å². The van der Waals surface area contributed by atoms with Crippen molar-refractivity contribution >= 4 is 5.97 Å². The molecule has 4 heteroatoms. The molecule has 0 aliphatic rings. The normalized spacial score (nSPS) is 10.8. The summed E-state index contributed by atoms with van der Waals surface area (Å²) in [4.78, 5) is 10.2. The quantitative estimate of drug-likeness (QED) is 0.210. The SMILES string of the molecule is CCCCCCCCCCCCCCCCCCCCCCNCC(=O)[O-].[Na+]. The van der Waals surface area contributed by atoms with Crippen molar-refractivity contribution in [2.24, 2.45) is 0 Å². The van der Waals surface area contributed by atoms with Crippen LogP contribution in [0.5, 0.6) is 0 Å². The number of nitrogens with one attached hydrogen (secondary N) is 1. The second-order valence-corrected chi connectivity index (χ2v) is 8.27. The number of rotatable bonds is 23. The Bertz CT molecular complexity index is 300. The molecule has 0 saturated carbocycles. The van der Waals surface area contributed by atoms with E-state index in [0.29, 0.717) is 0 Å². The van der Waals surface area contributed by atoms with E-state index in [0.717, 1.165) is 13.0 Å². The molecule has 0 atom stereocenters. The van der Waals surface area contributed by atoms with Crippen molar-refractivity contribution in [2.75, 3.05) is 13.1 Å². The van der Waals surface area contributed by atoms with Crippen LogP contribution in [0.3, 0.4) is 0 Å². The second-order valence-electron chi connectivity index (χ2n) is 8.27. The van der Waals surface area contributed by atoms with Gasteiger partial charge in [-0.3, -0.25) is 0 Å². The Balaban J connectivity index is 0. The maximum atomic E-state index is 10.2. The van der Waals surface area contributed by atoms with Gasteiger partial charge >= 0.3 is 29.6 Å². The number of unbranched alkanes of at least 4 members (excludes halogenated alkanes) is 19. The van der Waals surface area contributed by atoms with E-state index in [2.05, 4.69) is 12.2 Å². The maximum absolute atomic E-state index is 10.2. The van der Waals surface area contributed by atoms with Crippen LogP contribution in [-0.2, 0) is 4.79 Å². The molecule has 0 radical (unpaired) electrons. The van der Waals surface area contributed by atoms with Crippen LogP contribution in [0.4, 0.5) is 0 Å². The Hall–Kier alpha value is 0.430.